The summed E-state index contributed by atoms with van der Waals surface area (Å²) in [5, 5.41) is 12.3. The van der Waals surface area contributed by atoms with Crippen molar-refractivity contribution in [2.75, 3.05) is 19.7 Å². The first-order chi connectivity index (χ1) is 13.7. The summed E-state index contributed by atoms with van der Waals surface area (Å²) in [7, 11) is 0. The van der Waals surface area contributed by atoms with Crippen LogP contribution in [0.25, 0.3) is 11.4 Å². The topological polar surface area (TPSA) is 82.4 Å². The standard InChI is InChI=1S/C20H21N5O3/c1-2-24(12-16-14-27-17-10-6-7-11-18(17)28-16)19(26)13-25-22-20(21-23-25)15-8-4-3-5-9-15/h3-11,16H,2,12-14H2,1H3/t16-/m0/s1. The zero-order chi connectivity index (χ0) is 19.3. The number of likely N-dealkylation sites (N-methyl/N-ethyl adjacent to an activating group) is 1. The molecule has 1 atom stereocenters. The number of rotatable bonds is 6. The zero-order valence-electron chi connectivity index (χ0n) is 15.6. The van der Waals surface area contributed by atoms with Crippen LogP contribution in [0, 0.1) is 0 Å². The Morgan fingerprint density at radius 3 is 2.68 bits per heavy atom. The molecule has 0 bridgehead atoms. The Morgan fingerprint density at radius 1 is 1.14 bits per heavy atom. The van der Waals surface area contributed by atoms with Crippen molar-refractivity contribution in [3.05, 3.63) is 54.6 Å². The third kappa shape index (κ3) is 3.95. The first-order valence-corrected chi connectivity index (χ1v) is 9.22. The number of hydrogen-bond donors (Lipinski definition) is 0. The predicted octanol–water partition coefficient (Wildman–Crippen LogP) is 2.03. The average molecular weight is 379 g/mol. The lowest BCUT2D eigenvalue weighted by atomic mass is 10.2. The molecule has 0 spiro atoms. The minimum atomic E-state index is -0.220. The molecule has 0 N–H and O–H groups in total. The Balaban J connectivity index is 1.38. The predicted molar refractivity (Wildman–Crippen MR) is 102 cm³/mol. The van der Waals surface area contributed by atoms with E-state index in [9.17, 15) is 4.79 Å². The second-order valence-electron chi connectivity index (χ2n) is 6.44. The van der Waals surface area contributed by atoms with Gasteiger partial charge in [0.05, 0.1) is 6.54 Å². The summed E-state index contributed by atoms with van der Waals surface area (Å²) >= 11 is 0. The molecule has 1 aromatic heterocycles. The summed E-state index contributed by atoms with van der Waals surface area (Å²) in [6.45, 7) is 3.35. The molecule has 8 heteroatoms. The van der Waals surface area contributed by atoms with E-state index in [2.05, 4.69) is 15.4 Å². The molecule has 144 valence electrons. The number of nitrogens with zero attached hydrogens (tertiary/aromatic N) is 5. The first kappa shape index (κ1) is 18.0. The van der Waals surface area contributed by atoms with Gasteiger partial charge in [0.1, 0.15) is 13.2 Å². The molecule has 0 fully saturated rings. The molecule has 8 nitrogen and oxygen atoms in total. The van der Waals surface area contributed by atoms with E-state index in [1.54, 1.807) is 4.90 Å². The van der Waals surface area contributed by atoms with Gasteiger partial charge in [-0.2, -0.15) is 4.80 Å². The molecule has 0 saturated heterocycles. The van der Waals surface area contributed by atoms with Crippen LogP contribution < -0.4 is 9.47 Å². The lowest BCUT2D eigenvalue weighted by molar-refractivity contribution is -0.133. The van der Waals surface area contributed by atoms with E-state index in [1.807, 2.05) is 61.5 Å². The van der Waals surface area contributed by atoms with Crippen molar-refractivity contribution in [1.29, 1.82) is 0 Å². The molecule has 0 unspecified atom stereocenters. The van der Waals surface area contributed by atoms with Crippen molar-refractivity contribution in [2.45, 2.75) is 19.6 Å². The van der Waals surface area contributed by atoms with Gasteiger partial charge >= 0.3 is 0 Å². The van der Waals surface area contributed by atoms with E-state index < -0.39 is 0 Å². The zero-order valence-corrected chi connectivity index (χ0v) is 15.6. The van der Waals surface area contributed by atoms with Crippen molar-refractivity contribution in [3.8, 4) is 22.9 Å². The van der Waals surface area contributed by atoms with Gasteiger partial charge in [-0.05, 0) is 24.3 Å². The van der Waals surface area contributed by atoms with Crippen LogP contribution in [0.15, 0.2) is 54.6 Å². The van der Waals surface area contributed by atoms with Crippen LogP contribution in [0.4, 0.5) is 0 Å². The molecule has 1 aliphatic heterocycles. The minimum absolute atomic E-state index is 0.0256. The van der Waals surface area contributed by atoms with Crippen LogP contribution in [-0.2, 0) is 11.3 Å². The fraction of sp³-hybridized carbons (Fsp3) is 0.300. The number of amides is 1. The summed E-state index contributed by atoms with van der Waals surface area (Å²) in [6, 6.07) is 17.1. The van der Waals surface area contributed by atoms with Gasteiger partial charge in [0, 0.05) is 12.1 Å². The van der Waals surface area contributed by atoms with Gasteiger partial charge in [-0.15, -0.1) is 10.2 Å². The van der Waals surface area contributed by atoms with E-state index in [1.165, 1.54) is 4.80 Å². The Morgan fingerprint density at radius 2 is 1.89 bits per heavy atom. The second kappa shape index (κ2) is 8.08. The summed E-state index contributed by atoms with van der Waals surface area (Å²) in [4.78, 5) is 15.7. The minimum Gasteiger partial charge on any atom is -0.486 e. The van der Waals surface area contributed by atoms with E-state index in [-0.39, 0.29) is 18.6 Å². The lowest BCUT2D eigenvalue weighted by Crippen LogP contribution is -2.44. The van der Waals surface area contributed by atoms with Gasteiger partial charge in [0.2, 0.25) is 11.7 Å². The third-order valence-corrected chi connectivity index (χ3v) is 4.49. The molecule has 4 rings (SSSR count). The van der Waals surface area contributed by atoms with Crippen molar-refractivity contribution in [3.63, 3.8) is 0 Å². The number of benzene rings is 2. The van der Waals surface area contributed by atoms with Gasteiger partial charge in [-0.1, -0.05) is 42.5 Å². The van der Waals surface area contributed by atoms with Crippen molar-refractivity contribution >= 4 is 5.91 Å². The molecule has 0 radical (unpaired) electrons. The summed E-state index contributed by atoms with van der Waals surface area (Å²) in [6.07, 6.45) is -0.220. The highest BCUT2D eigenvalue weighted by Gasteiger charge is 2.25. The fourth-order valence-corrected chi connectivity index (χ4v) is 3.04. The van der Waals surface area contributed by atoms with Gasteiger partial charge < -0.3 is 14.4 Å². The largest absolute Gasteiger partial charge is 0.486 e. The highest BCUT2D eigenvalue weighted by molar-refractivity contribution is 5.75. The maximum Gasteiger partial charge on any atom is 0.246 e. The van der Waals surface area contributed by atoms with Crippen LogP contribution in [0.1, 0.15) is 6.92 Å². The summed E-state index contributed by atoms with van der Waals surface area (Å²) in [5.74, 6) is 1.83. The highest BCUT2D eigenvalue weighted by Crippen LogP contribution is 2.31. The Hall–Kier alpha value is -3.42. The van der Waals surface area contributed by atoms with Gasteiger partial charge in [0.25, 0.3) is 0 Å². The average Bonchev–Trinajstić information content (AvgIpc) is 3.21. The Bertz CT molecular complexity index is 944. The van der Waals surface area contributed by atoms with E-state index in [0.29, 0.717) is 31.3 Å². The van der Waals surface area contributed by atoms with E-state index in [4.69, 9.17) is 9.47 Å². The summed E-state index contributed by atoms with van der Waals surface area (Å²) < 4.78 is 11.7. The molecule has 0 aliphatic carbocycles. The molecular formula is C20H21N5O3. The number of hydrogen-bond acceptors (Lipinski definition) is 6. The molecule has 3 aromatic rings. The maximum absolute atomic E-state index is 12.7. The monoisotopic (exact) mass is 379 g/mol. The molecule has 1 aliphatic rings. The van der Waals surface area contributed by atoms with Crippen LogP contribution in [-0.4, -0.2) is 56.8 Å². The Kier molecular flexibility index (Phi) is 5.18. The van der Waals surface area contributed by atoms with Crippen LogP contribution in [0.5, 0.6) is 11.5 Å². The van der Waals surface area contributed by atoms with E-state index in [0.717, 1.165) is 11.3 Å². The van der Waals surface area contributed by atoms with Crippen molar-refractivity contribution in [1.82, 2.24) is 25.1 Å². The second-order valence-corrected chi connectivity index (χ2v) is 6.44. The number of aromatic nitrogens is 4. The molecule has 2 heterocycles. The van der Waals surface area contributed by atoms with Crippen LogP contribution in [0.2, 0.25) is 0 Å². The number of tetrazole rings is 1. The summed E-state index contributed by atoms with van der Waals surface area (Å²) in [5.41, 5.74) is 0.861. The third-order valence-electron chi connectivity index (χ3n) is 4.49. The molecular weight excluding hydrogens is 358 g/mol. The molecule has 2 aromatic carbocycles. The number of carbonyl (C=O) groups is 1. The maximum atomic E-state index is 12.7. The van der Waals surface area contributed by atoms with Gasteiger partial charge in [-0.25, -0.2) is 0 Å². The smallest absolute Gasteiger partial charge is 0.246 e. The lowest BCUT2D eigenvalue weighted by Gasteiger charge is -2.30. The normalized spacial score (nSPS) is 15.2. The van der Waals surface area contributed by atoms with E-state index >= 15 is 0 Å². The number of ether oxygens (including phenoxy) is 2. The van der Waals surface area contributed by atoms with Crippen LogP contribution >= 0.6 is 0 Å². The SMILES string of the molecule is CCN(C[C@H]1COc2ccccc2O1)C(=O)Cn1nnc(-c2ccccc2)n1. The van der Waals surface area contributed by atoms with Crippen molar-refractivity contribution in [2.24, 2.45) is 0 Å². The van der Waals surface area contributed by atoms with Gasteiger partial charge in [0.15, 0.2) is 17.6 Å². The number of para-hydroxylation sites is 2. The highest BCUT2D eigenvalue weighted by atomic mass is 16.6. The Labute approximate surface area is 162 Å². The number of fused-ring (bicyclic) bond motifs is 1. The van der Waals surface area contributed by atoms with Crippen LogP contribution in [0.3, 0.4) is 0 Å². The van der Waals surface area contributed by atoms with Gasteiger partial charge in [-0.3, -0.25) is 4.79 Å². The van der Waals surface area contributed by atoms with Crippen molar-refractivity contribution < 1.29 is 14.3 Å². The fourth-order valence-electron chi connectivity index (χ4n) is 3.04. The molecule has 28 heavy (non-hydrogen) atoms. The molecule has 0 saturated carbocycles. The number of carbonyl (C=O) groups excluding carboxylic acids is 1. The quantitative estimate of drug-likeness (QED) is 0.652. The molecule has 1 amide bonds. The first-order valence-electron chi connectivity index (χ1n) is 9.22.